The number of fused-ring (bicyclic) bond motifs is 1. The molecule has 4 rings (SSSR count). The van der Waals surface area contributed by atoms with Crippen LogP contribution >= 0.6 is 0 Å². The molecular formula is C51H81N5O18. The van der Waals surface area contributed by atoms with E-state index in [1.54, 1.807) is 13.8 Å². The molecule has 74 heavy (non-hydrogen) atoms. The Labute approximate surface area is 433 Å². The molecule has 5 amide bonds. The number of esters is 1. The van der Waals surface area contributed by atoms with Gasteiger partial charge in [-0.25, -0.2) is 4.79 Å². The van der Waals surface area contributed by atoms with Crippen molar-refractivity contribution in [3.8, 4) is 5.75 Å². The number of aliphatic hydroxyl groups is 3. The molecule has 0 radical (unpaired) electrons. The summed E-state index contributed by atoms with van der Waals surface area (Å²) in [6.07, 6.45) is -8.64. The highest BCUT2D eigenvalue weighted by atomic mass is 16.7. The van der Waals surface area contributed by atoms with E-state index >= 15 is 0 Å². The van der Waals surface area contributed by atoms with Gasteiger partial charge in [-0.15, -0.1) is 0 Å². The van der Waals surface area contributed by atoms with E-state index in [2.05, 4.69) is 26.6 Å². The fraction of sp³-hybridized carbons (Fsp3) is 0.745. The van der Waals surface area contributed by atoms with Crippen molar-refractivity contribution in [2.45, 2.75) is 199 Å². The summed E-state index contributed by atoms with van der Waals surface area (Å²) in [5.41, 5.74) is 0.0385. The van der Waals surface area contributed by atoms with Gasteiger partial charge in [0, 0.05) is 50.9 Å². The minimum atomic E-state index is -1.95. The van der Waals surface area contributed by atoms with Crippen molar-refractivity contribution in [3.05, 3.63) is 29.3 Å². The number of carboxylic acids is 1. The Morgan fingerprint density at radius 1 is 0.743 bits per heavy atom. The Hall–Kier alpha value is -5.01. The van der Waals surface area contributed by atoms with Gasteiger partial charge in [0.1, 0.15) is 48.9 Å². The van der Waals surface area contributed by atoms with Crippen molar-refractivity contribution >= 4 is 41.5 Å². The zero-order chi connectivity index (χ0) is 54.9. The Bertz CT molecular complexity index is 2050. The Kier molecular flexibility index (Phi) is 23.9. The molecule has 5 unspecified atom stereocenters. The van der Waals surface area contributed by atoms with E-state index in [4.69, 9.17) is 33.2 Å². The number of benzene rings is 1. The standard InChI is InChI=1S/C51H81N5O18/c1-28(2)13-16-38(59)54-32(11-10-12-37(58)55-33-26-68-44-34(27-69-43(33)44)56-39(60)18-21-72-51(8,9)19-22-71-50(5,6)7)46(64)52-20-17-36(57)53-24-31-23-30(25-70-48(67)29(3)4)14-15-35(31)73-49-42(63)40(61)41(62)45(74-49)47(65)66/h14-15,23,28-29,32-34,40-45,49,61-63H,10-13,16-22,24-27H2,1-9H3,(H,52,64)(H,53,57)(H,54,59)(H,55,58)(H,56,60)(H,65,66)/t32?,33?,34?,40-,41-,42+,43?,44?,45-,49+/m0/s1. The molecule has 3 aliphatic heterocycles. The third-order valence-corrected chi connectivity index (χ3v) is 12.5. The first-order valence-corrected chi connectivity index (χ1v) is 25.5. The van der Waals surface area contributed by atoms with Gasteiger partial charge in [-0.3, -0.25) is 28.8 Å². The number of carbonyl (C=O) groups excluding carboxylic acids is 6. The van der Waals surface area contributed by atoms with Crippen molar-refractivity contribution in [2.24, 2.45) is 11.8 Å². The van der Waals surface area contributed by atoms with Crippen LogP contribution in [0.25, 0.3) is 0 Å². The molecule has 0 saturated carbocycles. The fourth-order valence-electron chi connectivity index (χ4n) is 8.10. The topological polar surface area (TPSA) is 325 Å². The second kappa shape index (κ2) is 28.8. The number of amides is 5. The van der Waals surface area contributed by atoms with E-state index in [1.165, 1.54) is 18.2 Å². The molecule has 9 N–H and O–H groups in total. The number of carbonyl (C=O) groups is 7. The fourth-order valence-corrected chi connectivity index (χ4v) is 8.10. The van der Waals surface area contributed by atoms with Gasteiger partial charge in [0.2, 0.25) is 35.8 Å². The molecule has 10 atom stereocenters. The maximum Gasteiger partial charge on any atom is 0.335 e. The molecule has 3 fully saturated rings. The summed E-state index contributed by atoms with van der Waals surface area (Å²) in [7, 11) is 0. The SMILES string of the molecule is CC(C)CCC(=O)NC(CCCC(=O)NC1COC2C(NC(=O)CCOC(C)(C)CCOC(C)(C)C)COC12)C(=O)NCCC(=O)NCc1cc(COC(=O)C(C)C)ccc1O[C@@H]1O[C@H](C(=O)O)[C@@H](O)[C@H](O)[C@H]1O. The highest BCUT2D eigenvalue weighted by Gasteiger charge is 2.49. The molecule has 3 saturated heterocycles. The van der Waals surface area contributed by atoms with E-state index in [0.29, 0.717) is 25.0 Å². The minimum absolute atomic E-state index is 0.00251. The number of hydrogen-bond donors (Lipinski definition) is 9. The lowest BCUT2D eigenvalue weighted by molar-refractivity contribution is -0.271. The Morgan fingerprint density at radius 3 is 2.00 bits per heavy atom. The van der Waals surface area contributed by atoms with Crippen molar-refractivity contribution < 1.29 is 87.1 Å². The molecule has 23 heteroatoms. The summed E-state index contributed by atoms with van der Waals surface area (Å²) in [5, 5.41) is 54.6. The largest absolute Gasteiger partial charge is 0.479 e. The average molecular weight is 1050 g/mol. The van der Waals surface area contributed by atoms with Crippen molar-refractivity contribution in [3.63, 3.8) is 0 Å². The normalized spacial score (nSPS) is 24.2. The van der Waals surface area contributed by atoms with E-state index in [1.807, 2.05) is 48.5 Å². The van der Waals surface area contributed by atoms with Gasteiger partial charge in [0.05, 0.1) is 49.0 Å². The molecule has 418 valence electrons. The van der Waals surface area contributed by atoms with Crippen LogP contribution in [0.5, 0.6) is 5.75 Å². The quantitative estimate of drug-likeness (QED) is 0.0506. The maximum absolute atomic E-state index is 13.5. The lowest BCUT2D eigenvalue weighted by Crippen LogP contribution is -2.61. The first kappa shape index (κ1) is 61.5. The van der Waals surface area contributed by atoms with Crippen LogP contribution in [0.4, 0.5) is 0 Å². The number of rotatable bonds is 29. The smallest absolute Gasteiger partial charge is 0.335 e. The molecule has 1 aromatic carbocycles. The van der Waals surface area contributed by atoms with E-state index < -0.39 is 96.3 Å². The van der Waals surface area contributed by atoms with Crippen LogP contribution in [-0.2, 0) is 75.1 Å². The summed E-state index contributed by atoms with van der Waals surface area (Å²) in [5.74, 6) is -4.19. The summed E-state index contributed by atoms with van der Waals surface area (Å²) in [6.45, 7) is 17.8. The molecule has 23 nitrogen and oxygen atoms in total. The van der Waals surface area contributed by atoms with Gasteiger partial charge < -0.3 is 80.2 Å². The van der Waals surface area contributed by atoms with E-state index in [0.717, 1.165) is 0 Å². The second-order valence-electron chi connectivity index (χ2n) is 21.3. The predicted molar refractivity (Wildman–Crippen MR) is 264 cm³/mol. The third kappa shape index (κ3) is 20.3. The Morgan fingerprint density at radius 2 is 1.39 bits per heavy atom. The van der Waals surface area contributed by atoms with E-state index in [-0.39, 0.29) is 119 Å². The first-order valence-electron chi connectivity index (χ1n) is 25.5. The number of hydrogen-bond acceptors (Lipinski definition) is 17. The minimum Gasteiger partial charge on any atom is -0.479 e. The molecule has 1 aromatic rings. The third-order valence-electron chi connectivity index (χ3n) is 12.5. The van der Waals surface area contributed by atoms with E-state index in [9.17, 15) is 54.0 Å². The summed E-state index contributed by atoms with van der Waals surface area (Å²) >= 11 is 0. The average Bonchev–Trinajstić information content (AvgIpc) is 3.91. The van der Waals surface area contributed by atoms with Gasteiger partial charge in [-0.05, 0) is 83.9 Å². The van der Waals surface area contributed by atoms with Crippen LogP contribution in [0.15, 0.2) is 18.2 Å². The van der Waals surface area contributed by atoms with Crippen molar-refractivity contribution in [1.29, 1.82) is 0 Å². The molecule has 3 heterocycles. The molecular weight excluding hydrogens is 971 g/mol. The molecule has 3 aliphatic rings. The zero-order valence-corrected chi connectivity index (χ0v) is 44.3. The zero-order valence-electron chi connectivity index (χ0n) is 44.3. The highest BCUT2D eigenvalue weighted by Crippen LogP contribution is 2.30. The summed E-state index contributed by atoms with van der Waals surface area (Å²) in [6, 6.07) is 2.58. The van der Waals surface area contributed by atoms with Crippen LogP contribution in [0.1, 0.15) is 125 Å². The highest BCUT2D eigenvalue weighted by molar-refractivity contribution is 5.88. The number of ether oxygens (including phenoxy) is 7. The van der Waals surface area contributed by atoms with Crippen molar-refractivity contribution in [1.82, 2.24) is 26.6 Å². The second-order valence-corrected chi connectivity index (χ2v) is 21.3. The van der Waals surface area contributed by atoms with Gasteiger partial charge in [-0.2, -0.15) is 0 Å². The van der Waals surface area contributed by atoms with Crippen LogP contribution < -0.4 is 31.3 Å². The van der Waals surface area contributed by atoms with Gasteiger partial charge in [0.25, 0.3) is 0 Å². The first-order chi connectivity index (χ1) is 34.7. The maximum atomic E-state index is 13.5. The molecule has 0 aliphatic carbocycles. The van der Waals surface area contributed by atoms with Gasteiger partial charge >= 0.3 is 11.9 Å². The molecule has 0 bridgehead atoms. The number of aliphatic hydroxyl groups excluding tert-OH is 3. The number of carboxylic acid groups (broad SMARTS) is 1. The molecule has 0 aromatic heterocycles. The van der Waals surface area contributed by atoms with Crippen LogP contribution in [-0.4, -0.2) is 167 Å². The molecule has 0 spiro atoms. The summed E-state index contributed by atoms with van der Waals surface area (Å²) in [4.78, 5) is 89.4. The van der Waals surface area contributed by atoms with Crippen LogP contribution in [0, 0.1) is 11.8 Å². The number of nitrogens with one attached hydrogen (secondary N) is 5. The Balaban J connectivity index is 1.27. The lowest BCUT2D eigenvalue weighted by atomic mass is 9.99. The predicted octanol–water partition coefficient (Wildman–Crippen LogP) is 1.03. The van der Waals surface area contributed by atoms with Gasteiger partial charge in [-0.1, -0.05) is 33.8 Å². The van der Waals surface area contributed by atoms with Gasteiger partial charge in [0.15, 0.2) is 6.10 Å². The van der Waals surface area contributed by atoms with Crippen molar-refractivity contribution in [2.75, 3.05) is 33.0 Å². The monoisotopic (exact) mass is 1050 g/mol. The lowest BCUT2D eigenvalue weighted by Gasteiger charge is -2.38. The number of aliphatic carboxylic acids is 1. The summed E-state index contributed by atoms with van der Waals surface area (Å²) < 4.78 is 40.1. The van der Waals surface area contributed by atoms with Crippen LogP contribution in [0.2, 0.25) is 0 Å². The van der Waals surface area contributed by atoms with Crippen LogP contribution in [0.3, 0.4) is 0 Å².